The van der Waals surface area contributed by atoms with Gasteiger partial charge in [0.05, 0.1) is 17.9 Å². The van der Waals surface area contributed by atoms with E-state index in [1.54, 1.807) is 25.1 Å². The molecular formula is C9H11BrN2O2. The molecule has 0 saturated heterocycles. The topological polar surface area (TPSA) is 64.3 Å². The summed E-state index contributed by atoms with van der Waals surface area (Å²) in [6, 6.07) is 5.02. The number of ether oxygens (including phenoxy) is 1. The van der Waals surface area contributed by atoms with Crippen molar-refractivity contribution in [1.29, 1.82) is 0 Å². The van der Waals surface area contributed by atoms with Gasteiger partial charge < -0.3 is 10.2 Å². The number of hydrogen-bond donors (Lipinski definition) is 2. The van der Waals surface area contributed by atoms with Gasteiger partial charge in [-0.25, -0.2) is 4.79 Å². The van der Waals surface area contributed by atoms with E-state index in [-0.39, 0.29) is 5.97 Å². The lowest BCUT2D eigenvalue weighted by atomic mass is 10.2. The van der Waals surface area contributed by atoms with Crippen molar-refractivity contribution in [1.82, 2.24) is 0 Å². The third kappa shape index (κ3) is 2.46. The molecule has 0 bridgehead atoms. The van der Waals surface area contributed by atoms with Crippen LogP contribution in [0.3, 0.4) is 0 Å². The van der Waals surface area contributed by atoms with Gasteiger partial charge in [-0.05, 0) is 41.1 Å². The van der Waals surface area contributed by atoms with Gasteiger partial charge in [0.25, 0.3) is 0 Å². The van der Waals surface area contributed by atoms with E-state index < -0.39 is 0 Å². The highest BCUT2D eigenvalue weighted by Gasteiger charge is 2.08. The number of carbonyl (C=O) groups excluding carboxylic acids is 1. The van der Waals surface area contributed by atoms with Gasteiger partial charge in [0, 0.05) is 4.47 Å². The minimum absolute atomic E-state index is 0.336. The summed E-state index contributed by atoms with van der Waals surface area (Å²) in [5.41, 5.74) is 3.71. The normalized spacial score (nSPS) is 9.64. The first kappa shape index (κ1) is 11.0. The number of nitrogens with two attached hydrogens (primary N) is 1. The number of nitrogen functional groups attached to an aromatic ring is 1. The number of esters is 1. The van der Waals surface area contributed by atoms with Crippen LogP contribution in [0.25, 0.3) is 0 Å². The molecule has 0 fully saturated rings. The summed E-state index contributed by atoms with van der Waals surface area (Å²) in [6.07, 6.45) is 0. The largest absolute Gasteiger partial charge is 0.462 e. The van der Waals surface area contributed by atoms with Crippen LogP contribution in [-0.4, -0.2) is 12.6 Å². The van der Waals surface area contributed by atoms with E-state index in [4.69, 9.17) is 10.6 Å². The van der Waals surface area contributed by atoms with E-state index in [1.165, 1.54) is 0 Å². The molecule has 0 spiro atoms. The van der Waals surface area contributed by atoms with Crippen LogP contribution in [0, 0.1) is 0 Å². The molecule has 0 heterocycles. The zero-order valence-corrected chi connectivity index (χ0v) is 9.30. The molecule has 0 aliphatic carbocycles. The number of carbonyl (C=O) groups is 1. The van der Waals surface area contributed by atoms with Crippen molar-refractivity contribution in [2.24, 2.45) is 5.84 Å². The standard InChI is InChI=1S/C9H11BrN2O2/c1-2-14-9(13)6-3-4-8(12-11)7(10)5-6/h3-5,12H,2,11H2,1H3. The second kappa shape index (κ2) is 4.97. The lowest BCUT2D eigenvalue weighted by Crippen LogP contribution is -2.09. The van der Waals surface area contributed by atoms with Crippen molar-refractivity contribution in [2.75, 3.05) is 12.0 Å². The van der Waals surface area contributed by atoms with Crippen LogP contribution < -0.4 is 11.3 Å². The van der Waals surface area contributed by atoms with Crippen LogP contribution in [-0.2, 0) is 4.74 Å². The number of hydrazine groups is 1. The van der Waals surface area contributed by atoms with Crippen LogP contribution in [0.15, 0.2) is 22.7 Å². The fourth-order valence-corrected chi connectivity index (χ4v) is 1.47. The Bertz CT molecular complexity index is 342. The van der Waals surface area contributed by atoms with E-state index in [9.17, 15) is 4.79 Å². The molecule has 14 heavy (non-hydrogen) atoms. The highest BCUT2D eigenvalue weighted by atomic mass is 79.9. The summed E-state index contributed by atoms with van der Waals surface area (Å²) in [5, 5.41) is 0. The third-order valence-corrected chi connectivity index (χ3v) is 2.29. The summed E-state index contributed by atoms with van der Waals surface area (Å²) in [7, 11) is 0. The molecule has 1 aromatic carbocycles. The highest BCUT2D eigenvalue weighted by molar-refractivity contribution is 9.10. The number of anilines is 1. The number of halogens is 1. The fourth-order valence-electron chi connectivity index (χ4n) is 0.974. The predicted octanol–water partition coefficient (Wildman–Crippen LogP) is 1.91. The molecular weight excluding hydrogens is 248 g/mol. The van der Waals surface area contributed by atoms with Crippen molar-refractivity contribution >= 4 is 27.6 Å². The molecule has 0 aromatic heterocycles. The molecule has 0 atom stereocenters. The molecule has 0 radical (unpaired) electrons. The van der Waals surface area contributed by atoms with Crippen molar-refractivity contribution in [3.05, 3.63) is 28.2 Å². The summed E-state index contributed by atoms with van der Waals surface area (Å²) < 4.78 is 5.57. The van der Waals surface area contributed by atoms with Gasteiger partial charge in [0.15, 0.2) is 0 Å². The van der Waals surface area contributed by atoms with Gasteiger partial charge in [-0.15, -0.1) is 0 Å². The SMILES string of the molecule is CCOC(=O)c1ccc(NN)c(Br)c1. The van der Waals surface area contributed by atoms with Crippen LogP contribution >= 0.6 is 15.9 Å². The molecule has 0 unspecified atom stereocenters. The van der Waals surface area contributed by atoms with Crippen molar-refractivity contribution < 1.29 is 9.53 Å². The van der Waals surface area contributed by atoms with Crippen LogP contribution in [0.5, 0.6) is 0 Å². The molecule has 1 aromatic rings. The smallest absolute Gasteiger partial charge is 0.338 e. The van der Waals surface area contributed by atoms with E-state index >= 15 is 0 Å². The maximum atomic E-state index is 11.3. The maximum Gasteiger partial charge on any atom is 0.338 e. The molecule has 5 heteroatoms. The van der Waals surface area contributed by atoms with Crippen molar-refractivity contribution in [3.8, 4) is 0 Å². The Labute approximate surface area is 90.5 Å². The molecule has 76 valence electrons. The molecule has 0 saturated carbocycles. The molecule has 0 aliphatic rings. The van der Waals surface area contributed by atoms with E-state index in [0.717, 1.165) is 10.2 Å². The highest BCUT2D eigenvalue weighted by Crippen LogP contribution is 2.22. The minimum atomic E-state index is -0.336. The molecule has 3 N–H and O–H groups in total. The van der Waals surface area contributed by atoms with Gasteiger partial charge in [0.1, 0.15) is 0 Å². The Hall–Kier alpha value is -1.07. The Balaban J connectivity index is 2.91. The van der Waals surface area contributed by atoms with Crippen molar-refractivity contribution in [2.45, 2.75) is 6.92 Å². The first-order valence-corrected chi connectivity index (χ1v) is 4.91. The first-order chi connectivity index (χ1) is 6.69. The molecule has 0 amide bonds. The zero-order chi connectivity index (χ0) is 10.6. The summed E-state index contributed by atoms with van der Waals surface area (Å²) >= 11 is 3.28. The maximum absolute atomic E-state index is 11.3. The average Bonchev–Trinajstić information content (AvgIpc) is 2.18. The van der Waals surface area contributed by atoms with Gasteiger partial charge >= 0.3 is 5.97 Å². The summed E-state index contributed by atoms with van der Waals surface area (Å²) in [5.74, 6) is 4.90. The monoisotopic (exact) mass is 258 g/mol. The number of nitrogens with one attached hydrogen (secondary N) is 1. The first-order valence-electron chi connectivity index (χ1n) is 4.12. The van der Waals surface area contributed by atoms with Crippen LogP contribution in [0.4, 0.5) is 5.69 Å². The van der Waals surface area contributed by atoms with Gasteiger partial charge in [0.2, 0.25) is 0 Å². The number of benzene rings is 1. The summed E-state index contributed by atoms with van der Waals surface area (Å²) in [6.45, 7) is 2.14. The van der Waals surface area contributed by atoms with Crippen molar-refractivity contribution in [3.63, 3.8) is 0 Å². The van der Waals surface area contributed by atoms with Crippen LogP contribution in [0.1, 0.15) is 17.3 Å². The molecule has 1 rings (SSSR count). The number of hydrogen-bond acceptors (Lipinski definition) is 4. The van der Waals surface area contributed by atoms with Crippen LogP contribution in [0.2, 0.25) is 0 Å². The zero-order valence-electron chi connectivity index (χ0n) is 7.71. The van der Waals surface area contributed by atoms with E-state index in [1.807, 2.05) is 0 Å². The Morgan fingerprint density at radius 3 is 2.86 bits per heavy atom. The summed E-state index contributed by atoms with van der Waals surface area (Å²) in [4.78, 5) is 11.3. The second-order valence-corrected chi connectivity index (χ2v) is 3.41. The Kier molecular flexibility index (Phi) is 3.91. The van der Waals surface area contributed by atoms with E-state index in [0.29, 0.717) is 12.2 Å². The lowest BCUT2D eigenvalue weighted by molar-refractivity contribution is 0.0526. The predicted molar refractivity (Wildman–Crippen MR) is 57.9 cm³/mol. The Morgan fingerprint density at radius 1 is 1.64 bits per heavy atom. The third-order valence-electron chi connectivity index (χ3n) is 1.64. The van der Waals surface area contributed by atoms with Gasteiger partial charge in [-0.2, -0.15) is 0 Å². The van der Waals surface area contributed by atoms with Gasteiger partial charge in [-0.1, -0.05) is 0 Å². The lowest BCUT2D eigenvalue weighted by Gasteiger charge is -2.05. The van der Waals surface area contributed by atoms with E-state index in [2.05, 4.69) is 21.4 Å². The minimum Gasteiger partial charge on any atom is -0.462 e. The Morgan fingerprint density at radius 2 is 2.36 bits per heavy atom. The van der Waals surface area contributed by atoms with Gasteiger partial charge in [-0.3, -0.25) is 5.84 Å². The molecule has 4 nitrogen and oxygen atoms in total. The number of rotatable bonds is 3. The quantitative estimate of drug-likeness (QED) is 0.494. The second-order valence-electron chi connectivity index (χ2n) is 2.56. The average molecular weight is 259 g/mol. The fraction of sp³-hybridized carbons (Fsp3) is 0.222. The molecule has 0 aliphatic heterocycles.